The van der Waals surface area contributed by atoms with Crippen LogP contribution in [-0.2, 0) is 0 Å². The average Bonchev–Trinajstić information content (AvgIpc) is 2.46. The Morgan fingerprint density at radius 2 is 1.90 bits per heavy atom. The van der Waals surface area contributed by atoms with Crippen molar-refractivity contribution in [3.8, 4) is 6.07 Å². The van der Waals surface area contributed by atoms with Gasteiger partial charge < -0.3 is 10.6 Å². The van der Waals surface area contributed by atoms with E-state index in [1.807, 2.05) is 61.3 Å². The van der Waals surface area contributed by atoms with Crippen molar-refractivity contribution >= 4 is 27.3 Å². The van der Waals surface area contributed by atoms with Crippen molar-refractivity contribution in [3.05, 3.63) is 58.1 Å². The lowest BCUT2D eigenvalue weighted by Gasteiger charge is -2.25. The summed E-state index contributed by atoms with van der Waals surface area (Å²) in [6, 6.07) is 15.7. The maximum absolute atomic E-state index is 9.23. The van der Waals surface area contributed by atoms with Crippen LogP contribution >= 0.6 is 15.9 Å². The molecule has 0 saturated heterocycles. The number of halogens is 1. The molecule has 1 atom stereocenters. The molecule has 0 radical (unpaired) electrons. The number of hydrogen-bond acceptors (Lipinski definition) is 3. The molecule has 0 aromatic heterocycles. The van der Waals surface area contributed by atoms with E-state index in [0.717, 1.165) is 21.4 Å². The van der Waals surface area contributed by atoms with E-state index in [0.29, 0.717) is 5.56 Å². The number of benzene rings is 2. The van der Waals surface area contributed by atoms with E-state index in [-0.39, 0.29) is 6.04 Å². The summed E-state index contributed by atoms with van der Waals surface area (Å²) in [4.78, 5) is 2.00. The SMILES string of the molecule is CC(N)c1cc(Br)ccc1N(C)c1ccccc1C#N. The molecule has 4 heteroatoms. The van der Waals surface area contributed by atoms with Gasteiger partial charge in [0.2, 0.25) is 0 Å². The molecule has 20 heavy (non-hydrogen) atoms. The number of rotatable bonds is 3. The second kappa shape index (κ2) is 6.08. The summed E-state index contributed by atoms with van der Waals surface area (Å²) >= 11 is 3.47. The van der Waals surface area contributed by atoms with Gasteiger partial charge in [0.15, 0.2) is 0 Å². The normalized spacial score (nSPS) is 11.8. The summed E-state index contributed by atoms with van der Waals surface area (Å²) < 4.78 is 0.996. The standard InChI is InChI=1S/C16H16BrN3/c1-11(19)14-9-13(17)7-8-16(14)20(2)15-6-4-3-5-12(15)10-18/h3-9,11H,19H2,1-2H3. The van der Waals surface area contributed by atoms with E-state index in [1.54, 1.807) is 0 Å². The Balaban J connectivity index is 2.54. The van der Waals surface area contributed by atoms with Gasteiger partial charge in [-0.05, 0) is 42.8 Å². The van der Waals surface area contributed by atoms with Gasteiger partial charge in [0.05, 0.1) is 11.3 Å². The van der Waals surface area contributed by atoms with Crippen molar-refractivity contribution in [2.24, 2.45) is 5.73 Å². The van der Waals surface area contributed by atoms with Gasteiger partial charge in [0.1, 0.15) is 6.07 Å². The van der Waals surface area contributed by atoms with Gasteiger partial charge in [0.25, 0.3) is 0 Å². The molecular formula is C16H16BrN3. The molecule has 0 bridgehead atoms. The first-order valence-electron chi connectivity index (χ1n) is 6.32. The van der Waals surface area contributed by atoms with Gasteiger partial charge in [-0.15, -0.1) is 0 Å². The van der Waals surface area contributed by atoms with Crippen LogP contribution in [0.5, 0.6) is 0 Å². The Kier molecular flexibility index (Phi) is 4.43. The minimum atomic E-state index is -0.0841. The van der Waals surface area contributed by atoms with Crippen LogP contribution in [0.1, 0.15) is 24.1 Å². The third-order valence-electron chi connectivity index (χ3n) is 3.23. The maximum Gasteiger partial charge on any atom is 0.101 e. The van der Waals surface area contributed by atoms with E-state index in [4.69, 9.17) is 5.73 Å². The first-order chi connectivity index (χ1) is 9.54. The fraction of sp³-hybridized carbons (Fsp3) is 0.188. The van der Waals surface area contributed by atoms with Gasteiger partial charge >= 0.3 is 0 Å². The van der Waals surface area contributed by atoms with Crippen LogP contribution < -0.4 is 10.6 Å². The van der Waals surface area contributed by atoms with E-state index in [2.05, 4.69) is 22.0 Å². The molecular weight excluding hydrogens is 314 g/mol. The molecule has 1 unspecified atom stereocenters. The summed E-state index contributed by atoms with van der Waals surface area (Å²) in [6.07, 6.45) is 0. The van der Waals surface area contributed by atoms with Crippen LogP contribution in [0, 0.1) is 11.3 Å². The van der Waals surface area contributed by atoms with E-state index in [9.17, 15) is 5.26 Å². The van der Waals surface area contributed by atoms with E-state index in [1.165, 1.54) is 0 Å². The van der Waals surface area contributed by atoms with Gasteiger partial charge in [-0.3, -0.25) is 0 Å². The van der Waals surface area contributed by atoms with Crippen molar-refractivity contribution in [3.63, 3.8) is 0 Å². The van der Waals surface area contributed by atoms with Crippen LogP contribution in [0.15, 0.2) is 46.9 Å². The first kappa shape index (κ1) is 14.6. The van der Waals surface area contributed by atoms with Crippen LogP contribution in [0.2, 0.25) is 0 Å². The highest BCUT2D eigenvalue weighted by Crippen LogP contribution is 2.33. The Morgan fingerprint density at radius 3 is 2.55 bits per heavy atom. The lowest BCUT2D eigenvalue weighted by atomic mass is 10.0. The predicted molar refractivity (Wildman–Crippen MR) is 86.0 cm³/mol. The van der Waals surface area contributed by atoms with Crippen molar-refractivity contribution in [2.75, 3.05) is 11.9 Å². The molecule has 102 valence electrons. The number of nitrogens with two attached hydrogens (primary N) is 1. The number of nitriles is 1. The minimum absolute atomic E-state index is 0.0841. The highest BCUT2D eigenvalue weighted by Gasteiger charge is 2.14. The predicted octanol–water partition coefficient (Wildman–Crippen LogP) is 4.11. The van der Waals surface area contributed by atoms with Crippen LogP contribution in [0.25, 0.3) is 0 Å². The molecule has 0 aliphatic heterocycles. The molecule has 2 N–H and O–H groups in total. The zero-order valence-electron chi connectivity index (χ0n) is 11.5. The molecule has 0 aliphatic rings. The number of nitrogens with zero attached hydrogens (tertiary/aromatic N) is 2. The van der Waals surface area contributed by atoms with Gasteiger partial charge in [-0.2, -0.15) is 5.26 Å². The lowest BCUT2D eigenvalue weighted by Crippen LogP contribution is -2.16. The highest BCUT2D eigenvalue weighted by molar-refractivity contribution is 9.10. The van der Waals surface area contributed by atoms with E-state index < -0.39 is 0 Å². The topological polar surface area (TPSA) is 53.0 Å². The quantitative estimate of drug-likeness (QED) is 0.921. The number of anilines is 2. The fourth-order valence-corrected chi connectivity index (χ4v) is 2.56. The zero-order chi connectivity index (χ0) is 14.7. The van der Waals surface area contributed by atoms with Crippen LogP contribution in [0.3, 0.4) is 0 Å². The Morgan fingerprint density at radius 1 is 1.20 bits per heavy atom. The van der Waals surface area contributed by atoms with Crippen molar-refractivity contribution in [2.45, 2.75) is 13.0 Å². The summed E-state index contributed by atoms with van der Waals surface area (Å²) in [5.41, 5.74) is 9.62. The average molecular weight is 330 g/mol. The molecule has 3 nitrogen and oxygen atoms in total. The Hall–Kier alpha value is -1.83. The molecule has 0 saturated carbocycles. The second-order valence-electron chi connectivity index (χ2n) is 4.68. The molecule has 0 heterocycles. The Bertz CT molecular complexity index is 659. The molecule has 2 aromatic carbocycles. The highest BCUT2D eigenvalue weighted by atomic mass is 79.9. The van der Waals surface area contributed by atoms with Gasteiger partial charge in [0, 0.05) is 23.2 Å². The molecule has 0 amide bonds. The number of para-hydroxylation sites is 1. The van der Waals surface area contributed by atoms with Crippen LogP contribution in [-0.4, -0.2) is 7.05 Å². The second-order valence-corrected chi connectivity index (χ2v) is 5.60. The third kappa shape index (κ3) is 2.84. The third-order valence-corrected chi connectivity index (χ3v) is 3.72. The molecule has 0 spiro atoms. The van der Waals surface area contributed by atoms with Gasteiger partial charge in [-0.1, -0.05) is 28.1 Å². The minimum Gasteiger partial charge on any atom is -0.343 e. The maximum atomic E-state index is 9.23. The largest absolute Gasteiger partial charge is 0.343 e. The monoisotopic (exact) mass is 329 g/mol. The van der Waals surface area contributed by atoms with Crippen molar-refractivity contribution in [1.29, 1.82) is 5.26 Å². The molecule has 0 aliphatic carbocycles. The number of hydrogen-bond donors (Lipinski definition) is 1. The molecule has 0 fully saturated rings. The lowest BCUT2D eigenvalue weighted by molar-refractivity contribution is 0.814. The van der Waals surface area contributed by atoms with E-state index >= 15 is 0 Å². The Labute approximate surface area is 127 Å². The fourth-order valence-electron chi connectivity index (χ4n) is 2.19. The van der Waals surface area contributed by atoms with Crippen molar-refractivity contribution < 1.29 is 0 Å². The van der Waals surface area contributed by atoms with Crippen molar-refractivity contribution in [1.82, 2.24) is 0 Å². The summed E-state index contributed by atoms with van der Waals surface area (Å²) in [5, 5.41) is 9.23. The summed E-state index contributed by atoms with van der Waals surface area (Å²) in [5.74, 6) is 0. The summed E-state index contributed by atoms with van der Waals surface area (Å²) in [6.45, 7) is 1.95. The molecule has 2 rings (SSSR count). The molecule has 2 aromatic rings. The first-order valence-corrected chi connectivity index (χ1v) is 7.11. The smallest absolute Gasteiger partial charge is 0.101 e. The van der Waals surface area contributed by atoms with Gasteiger partial charge in [-0.25, -0.2) is 0 Å². The zero-order valence-corrected chi connectivity index (χ0v) is 13.1. The summed E-state index contributed by atoms with van der Waals surface area (Å²) in [7, 11) is 1.95. The van der Waals surface area contributed by atoms with Crippen LogP contribution in [0.4, 0.5) is 11.4 Å².